The fourth-order valence-electron chi connectivity index (χ4n) is 7.45. The molecule has 2 aromatic carbocycles. The molecule has 2 aromatic rings. The number of allylic oxidation sites excluding steroid dienone is 8. The number of fused-ring (bicyclic) bond motifs is 2. The summed E-state index contributed by atoms with van der Waals surface area (Å²) >= 11 is 11.8. The fourth-order valence-corrected chi connectivity index (χ4v) is 9.87. The summed E-state index contributed by atoms with van der Waals surface area (Å²) in [4.78, 5) is 2.25. The largest absolute Gasteiger partial charge is 1.00 e. The van der Waals surface area contributed by atoms with E-state index in [9.17, 15) is 25.9 Å². The molecule has 2 aliphatic heterocycles. The van der Waals surface area contributed by atoms with Crippen LogP contribution in [0.5, 0.6) is 0 Å². The molecule has 0 spiro atoms. The van der Waals surface area contributed by atoms with E-state index >= 15 is 0 Å². The third-order valence-corrected chi connectivity index (χ3v) is 13.5. The van der Waals surface area contributed by atoms with E-state index < -0.39 is 20.2 Å². The second-order valence-electron chi connectivity index (χ2n) is 14.5. The normalized spacial score (nSPS) is 19.9. The zero-order chi connectivity index (χ0) is 37.4. The van der Waals surface area contributed by atoms with Crippen LogP contribution in [0.2, 0.25) is 0 Å². The fraction of sp³-hybridized carbons (Fsp3) is 0.447. The van der Waals surface area contributed by atoms with E-state index in [0.29, 0.717) is 38.8 Å². The van der Waals surface area contributed by atoms with E-state index in [1.807, 2.05) is 0 Å². The maximum Gasteiger partial charge on any atom is 1.00 e. The molecular formula is C38H45ClI2N2NaO6S2+. The summed E-state index contributed by atoms with van der Waals surface area (Å²) in [5.74, 6) is -0.619. The minimum absolute atomic E-state index is 0. The van der Waals surface area contributed by atoms with Gasteiger partial charge in [-0.15, -0.1) is 0 Å². The molecule has 276 valence electrons. The van der Waals surface area contributed by atoms with Gasteiger partial charge in [0.2, 0.25) is 5.69 Å². The SMILES string of the molecule is CC1(C)C(=CC=C2CCCC(C=CC3=[N+](CCCCS(=O)(=O)O)c4ccc(I)cc4C3(C)C)=C2Cl)N(CCCCS(=O)(=O)[O-])c2ccc(I)cc21.[Na+]. The van der Waals surface area contributed by atoms with Crippen LogP contribution >= 0.6 is 56.8 Å². The topological polar surface area (TPSA) is 118 Å². The molecule has 14 heteroatoms. The molecule has 3 aliphatic rings. The Morgan fingerprint density at radius 1 is 0.885 bits per heavy atom. The number of unbranched alkanes of at least 4 members (excludes halogenated alkanes) is 2. The Morgan fingerprint density at radius 3 is 2.21 bits per heavy atom. The molecule has 0 fully saturated rings. The van der Waals surface area contributed by atoms with Crippen LogP contribution in [0.4, 0.5) is 11.4 Å². The third-order valence-electron chi connectivity index (χ3n) is 10.1. The molecule has 0 saturated carbocycles. The molecule has 2 heterocycles. The van der Waals surface area contributed by atoms with Crippen LogP contribution in [0, 0.1) is 7.14 Å². The summed E-state index contributed by atoms with van der Waals surface area (Å²) in [5, 5.41) is 0.743. The van der Waals surface area contributed by atoms with E-state index in [4.69, 9.17) is 11.6 Å². The molecule has 8 nitrogen and oxygen atoms in total. The van der Waals surface area contributed by atoms with Crippen LogP contribution in [-0.4, -0.2) is 60.8 Å². The minimum atomic E-state index is -4.26. The smallest absolute Gasteiger partial charge is 0.748 e. The first-order valence-corrected chi connectivity index (χ1v) is 22.9. The Hall–Kier alpha value is -0.560. The number of hydrogen-bond acceptors (Lipinski definition) is 6. The predicted molar refractivity (Wildman–Crippen MR) is 223 cm³/mol. The van der Waals surface area contributed by atoms with Gasteiger partial charge in [0.15, 0.2) is 5.71 Å². The van der Waals surface area contributed by atoms with Gasteiger partial charge in [0.05, 0.1) is 21.3 Å². The van der Waals surface area contributed by atoms with Crippen molar-refractivity contribution in [1.82, 2.24) is 0 Å². The monoisotopic (exact) mass is 1000 g/mol. The summed E-state index contributed by atoms with van der Waals surface area (Å²) in [7, 11) is -8.26. The van der Waals surface area contributed by atoms with E-state index in [1.54, 1.807) is 0 Å². The van der Waals surface area contributed by atoms with Gasteiger partial charge >= 0.3 is 29.6 Å². The van der Waals surface area contributed by atoms with Gasteiger partial charge < -0.3 is 9.45 Å². The maximum atomic E-state index is 11.4. The molecule has 0 bridgehead atoms. The van der Waals surface area contributed by atoms with Gasteiger partial charge in [0.1, 0.15) is 6.54 Å². The van der Waals surface area contributed by atoms with Gasteiger partial charge in [-0.05, 0) is 151 Å². The first kappa shape index (κ1) is 44.2. The Morgan fingerprint density at radius 2 is 1.54 bits per heavy atom. The van der Waals surface area contributed by atoms with Crippen molar-refractivity contribution in [3.8, 4) is 0 Å². The van der Waals surface area contributed by atoms with Crippen molar-refractivity contribution in [2.24, 2.45) is 0 Å². The summed E-state index contributed by atoms with van der Waals surface area (Å²) < 4.78 is 70.2. The summed E-state index contributed by atoms with van der Waals surface area (Å²) in [5.41, 5.74) is 8.38. The average molecular weight is 1000 g/mol. The van der Waals surface area contributed by atoms with Crippen LogP contribution in [0.25, 0.3) is 0 Å². The number of anilines is 1. The van der Waals surface area contributed by atoms with Crippen molar-refractivity contribution < 1.29 is 60.1 Å². The molecule has 0 radical (unpaired) electrons. The molecule has 5 rings (SSSR count). The third kappa shape index (κ3) is 10.4. The molecule has 0 amide bonds. The molecule has 0 aromatic heterocycles. The second-order valence-corrected chi connectivity index (χ2v) is 20.5. The average Bonchev–Trinajstić information content (AvgIpc) is 3.36. The quantitative estimate of drug-likeness (QED) is 0.0847. The summed E-state index contributed by atoms with van der Waals surface area (Å²) in [6.45, 7) is 10.0. The van der Waals surface area contributed by atoms with E-state index in [-0.39, 0.29) is 51.9 Å². The Kier molecular flexibility index (Phi) is 15.0. The van der Waals surface area contributed by atoms with Crippen molar-refractivity contribution in [3.05, 3.63) is 101 Å². The van der Waals surface area contributed by atoms with Crippen molar-refractivity contribution in [3.63, 3.8) is 0 Å². The zero-order valence-corrected chi connectivity index (χ0v) is 39.1. The van der Waals surface area contributed by atoms with Crippen molar-refractivity contribution >= 4 is 94.1 Å². The van der Waals surface area contributed by atoms with E-state index in [1.165, 1.54) is 11.1 Å². The molecule has 0 atom stereocenters. The predicted octanol–water partition coefficient (Wildman–Crippen LogP) is 6.11. The Labute approximate surface area is 364 Å². The van der Waals surface area contributed by atoms with Gasteiger partial charge in [-0.2, -0.15) is 13.0 Å². The molecule has 52 heavy (non-hydrogen) atoms. The van der Waals surface area contributed by atoms with Gasteiger partial charge in [-0.25, -0.2) is 8.42 Å². The number of halogens is 3. The minimum Gasteiger partial charge on any atom is -0.748 e. The Bertz CT molecular complexity index is 2090. The summed E-state index contributed by atoms with van der Waals surface area (Å²) in [6.07, 6.45) is 13.1. The van der Waals surface area contributed by atoms with Crippen LogP contribution in [0.15, 0.2) is 82.6 Å². The first-order chi connectivity index (χ1) is 23.8. The molecule has 0 saturated heterocycles. The van der Waals surface area contributed by atoms with E-state index in [0.717, 1.165) is 65.4 Å². The van der Waals surface area contributed by atoms with Crippen molar-refractivity contribution in [1.29, 1.82) is 0 Å². The van der Waals surface area contributed by atoms with Crippen molar-refractivity contribution in [2.75, 3.05) is 29.5 Å². The maximum absolute atomic E-state index is 11.4. The molecule has 1 aliphatic carbocycles. The van der Waals surface area contributed by atoms with Gasteiger partial charge in [-0.1, -0.05) is 37.6 Å². The standard InChI is InChI=1S/C38H45ClI2N2O6S2.Na/c1-37(2)30-24-28(40)14-16-32(30)42(20-5-7-22-50(44,45)46)34(37)18-12-26-10-9-11-27(36(26)39)13-19-35-38(3,4)31-25-29(41)15-17-33(31)43(35)21-6-8-23-51(47,48)49;/h12-19,24-25H,5-11,20-23H2,1-4H3,(H-,44,45,46,47,48,49);/q;+1. The zero-order valence-electron chi connectivity index (χ0n) is 30.4. The first-order valence-electron chi connectivity index (χ1n) is 17.2. The van der Waals surface area contributed by atoms with Crippen molar-refractivity contribution in [2.45, 2.75) is 83.5 Å². The number of benzene rings is 2. The van der Waals surface area contributed by atoms with Gasteiger partial charge in [0.25, 0.3) is 10.1 Å². The second kappa shape index (κ2) is 17.7. The molecule has 0 unspecified atom stereocenters. The van der Waals surface area contributed by atoms with Crippen LogP contribution < -0.4 is 34.5 Å². The van der Waals surface area contributed by atoms with Gasteiger partial charge in [-0.3, -0.25) is 4.55 Å². The van der Waals surface area contributed by atoms with Crippen LogP contribution in [-0.2, 0) is 31.1 Å². The molecular weight excluding hydrogens is 957 g/mol. The number of nitrogens with zero attached hydrogens (tertiary/aromatic N) is 2. The molecule has 1 N–H and O–H groups in total. The van der Waals surface area contributed by atoms with E-state index in [2.05, 4.69) is 143 Å². The number of hydrogen-bond donors (Lipinski definition) is 1. The Balaban J connectivity index is 0.00000605. The van der Waals surface area contributed by atoms with Crippen LogP contribution in [0.1, 0.15) is 83.8 Å². The number of rotatable bonds is 13. The van der Waals surface area contributed by atoms with Gasteiger partial charge in [0, 0.05) is 65.4 Å². The summed E-state index contributed by atoms with van der Waals surface area (Å²) in [6, 6.07) is 12.8. The van der Waals surface area contributed by atoms with Crippen LogP contribution in [0.3, 0.4) is 0 Å².